The molecule has 5 heteroatoms. The Morgan fingerprint density at radius 1 is 1.11 bits per heavy atom. The lowest BCUT2D eigenvalue weighted by atomic mass is 9.83. The molecule has 19 heavy (non-hydrogen) atoms. The molecule has 2 rings (SSSR count). The third kappa shape index (κ3) is 3.28. The summed E-state index contributed by atoms with van der Waals surface area (Å²) < 4.78 is 38.4. The molecule has 0 unspecified atom stereocenters. The fraction of sp³-hybridized carbons (Fsp3) is 0.500. The van der Waals surface area contributed by atoms with Gasteiger partial charge in [0.1, 0.15) is 0 Å². The number of alkyl halides is 3. The Balaban J connectivity index is 2.41. The molecule has 1 aliphatic carbocycles. The molecule has 0 heterocycles. The number of aromatic carboxylic acids is 1. The summed E-state index contributed by atoms with van der Waals surface area (Å²) in [6, 6.07) is 3.19. The third-order valence-electron chi connectivity index (χ3n) is 3.61. The highest BCUT2D eigenvalue weighted by Crippen LogP contribution is 2.37. The second kappa shape index (κ2) is 5.23. The van der Waals surface area contributed by atoms with Crippen molar-refractivity contribution in [3.8, 4) is 0 Å². The summed E-state index contributed by atoms with van der Waals surface area (Å²) in [5.41, 5.74) is -0.643. The zero-order valence-electron chi connectivity index (χ0n) is 10.3. The van der Waals surface area contributed by atoms with Gasteiger partial charge in [0.2, 0.25) is 0 Å². The Morgan fingerprint density at radius 2 is 1.74 bits per heavy atom. The molecule has 0 radical (unpaired) electrons. The predicted molar refractivity (Wildman–Crippen MR) is 64.2 cm³/mol. The summed E-state index contributed by atoms with van der Waals surface area (Å²) in [4.78, 5) is 10.9. The Hall–Kier alpha value is -1.52. The van der Waals surface area contributed by atoms with E-state index in [1.165, 1.54) is 6.07 Å². The van der Waals surface area contributed by atoms with E-state index in [-0.39, 0.29) is 11.5 Å². The molecule has 0 amide bonds. The van der Waals surface area contributed by atoms with Crippen LogP contribution in [-0.4, -0.2) is 11.1 Å². The van der Waals surface area contributed by atoms with Gasteiger partial charge in [-0.05, 0) is 42.5 Å². The lowest BCUT2D eigenvalue weighted by molar-refractivity contribution is -0.137. The van der Waals surface area contributed by atoms with Crippen LogP contribution in [0.3, 0.4) is 0 Å². The quantitative estimate of drug-likeness (QED) is 0.863. The van der Waals surface area contributed by atoms with E-state index in [0.29, 0.717) is 11.6 Å². The molecule has 0 spiro atoms. The number of benzene rings is 1. The van der Waals surface area contributed by atoms with E-state index in [9.17, 15) is 18.0 Å². The van der Waals surface area contributed by atoms with E-state index < -0.39 is 17.7 Å². The second-order valence-electron chi connectivity index (χ2n) is 4.98. The average molecular weight is 272 g/mol. The first-order valence-electron chi connectivity index (χ1n) is 6.33. The molecular weight excluding hydrogens is 257 g/mol. The van der Waals surface area contributed by atoms with Gasteiger partial charge >= 0.3 is 12.1 Å². The molecule has 1 aromatic carbocycles. The maximum Gasteiger partial charge on any atom is 0.416 e. The Labute approximate surface area is 109 Å². The SMILES string of the molecule is O=C(O)c1cc(C2CCCCC2)cc(C(F)(F)F)c1. The fourth-order valence-corrected chi connectivity index (χ4v) is 2.61. The summed E-state index contributed by atoms with van der Waals surface area (Å²) in [5.74, 6) is -1.27. The summed E-state index contributed by atoms with van der Waals surface area (Å²) in [5, 5.41) is 8.93. The van der Waals surface area contributed by atoms with Gasteiger partial charge in [0.25, 0.3) is 0 Å². The van der Waals surface area contributed by atoms with Crippen molar-refractivity contribution in [1.29, 1.82) is 0 Å². The summed E-state index contributed by atoms with van der Waals surface area (Å²) >= 11 is 0. The number of carboxylic acid groups (broad SMARTS) is 1. The molecule has 104 valence electrons. The maximum absolute atomic E-state index is 12.8. The van der Waals surface area contributed by atoms with Gasteiger partial charge in [0.15, 0.2) is 0 Å². The molecule has 1 fully saturated rings. The maximum atomic E-state index is 12.8. The molecule has 0 aromatic heterocycles. The second-order valence-corrected chi connectivity index (χ2v) is 4.98. The minimum Gasteiger partial charge on any atom is -0.478 e. The number of rotatable bonds is 2. The lowest BCUT2D eigenvalue weighted by Gasteiger charge is -2.23. The van der Waals surface area contributed by atoms with Crippen LogP contribution in [0.2, 0.25) is 0 Å². The average Bonchev–Trinajstić information content (AvgIpc) is 2.38. The van der Waals surface area contributed by atoms with Crippen molar-refractivity contribution < 1.29 is 23.1 Å². The zero-order chi connectivity index (χ0) is 14.0. The van der Waals surface area contributed by atoms with Crippen LogP contribution in [0.1, 0.15) is 59.5 Å². The smallest absolute Gasteiger partial charge is 0.416 e. The van der Waals surface area contributed by atoms with Crippen molar-refractivity contribution in [2.45, 2.75) is 44.2 Å². The molecule has 1 aliphatic rings. The molecule has 0 bridgehead atoms. The van der Waals surface area contributed by atoms with Crippen LogP contribution in [0.5, 0.6) is 0 Å². The normalized spacial score (nSPS) is 17.4. The van der Waals surface area contributed by atoms with Gasteiger partial charge in [-0.15, -0.1) is 0 Å². The minimum absolute atomic E-state index is 0.0501. The van der Waals surface area contributed by atoms with Crippen LogP contribution in [0, 0.1) is 0 Å². The first-order valence-corrected chi connectivity index (χ1v) is 6.33. The number of carbonyl (C=O) groups is 1. The van der Waals surface area contributed by atoms with E-state index in [1.807, 2.05) is 0 Å². The number of carboxylic acids is 1. The standard InChI is InChI=1S/C14H15F3O2/c15-14(16,17)12-7-10(6-11(8-12)13(18)19)9-4-2-1-3-5-9/h6-9H,1-5H2,(H,18,19). The van der Waals surface area contributed by atoms with Crippen LogP contribution >= 0.6 is 0 Å². The van der Waals surface area contributed by atoms with Crippen LogP contribution in [0.25, 0.3) is 0 Å². The van der Waals surface area contributed by atoms with E-state index in [2.05, 4.69) is 0 Å². The predicted octanol–water partition coefficient (Wildman–Crippen LogP) is 4.45. The van der Waals surface area contributed by atoms with Crippen molar-refractivity contribution in [1.82, 2.24) is 0 Å². The molecule has 0 aliphatic heterocycles. The zero-order valence-corrected chi connectivity index (χ0v) is 10.3. The summed E-state index contributed by atoms with van der Waals surface area (Å²) in [6.07, 6.45) is 0.240. The van der Waals surface area contributed by atoms with E-state index in [1.54, 1.807) is 0 Å². The molecule has 1 aromatic rings. The highest BCUT2D eigenvalue weighted by Gasteiger charge is 2.32. The Kier molecular flexibility index (Phi) is 3.83. The first-order chi connectivity index (χ1) is 8.88. The van der Waals surface area contributed by atoms with Crippen LogP contribution in [-0.2, 0) is 6.18 Å². The number of halogens is 3. The van der Waals surface area contributed by atoms with Crippen molar-refractivity contribution in [2.75, 3.05) is 0 Å². The highest BCUT2D eigenvalue weighted by atomic mass is 19.4. The minimum atomic E-state index is -4.51. The fourth-order valence-electron chi connectivity index (χ4n) is 2.61. The van der Waals surface area contributed by atoms with Gasteiger partial charge in [0.05, 0.1) is 11.1 Å². The topological polar surface area (TPSA) is 37.3 Å². The Morgan fingerprint density at radius 3 is 2.26 bits per heavy atom. The lowest BCUT2D eigenvalue weighted by Crippen LogP contribution is -2.12. The molecule has 1 saturated carbocycles. The van der Waals surface area contributed by atoms with E-state index in [4.69, 9.17) is 5.11 Å². The van der Waals surface area contributed by atoms with E-state index >= 15 is 0 Å². The monoisotopic (exact) mass is 272 g/mol. The van der Waals surface area contributed by atoms with Crippen LogP contribution in [0.15, 0.2) is 18.2 Å². The number of hydrogen-bond donors (Lipinski definition) is 1. The van der Waals surface area contributed by atoms with E-state index in [0.717, 1.165) is 38.2 Å². The highest BCUT2D eigenvalue weighted by molar-refractivity contribution is 5.88. The van der Waals surface area contributed by atoms with Crippen molar-refractivity contribution in [2.24, 2.45) is 0 Å². The van der Waals surface area contributed by atoms with Gasteiger partial charge in [-0.1, -0.05) is 19.3 Å². The van der Waals surface area contributed by atoms with Crippen molar-refractivity contribution >= 4 is 5.97 Å². The molecule has 0 atom stereocenters. The van der Waals surface area contributed by atoms with Crippen LogP contribution < -0.4 is 0 Å². The Bertz CT molecular complexity index is 474. The molecule has 1 N–H and O–H groups in total. The first kappa shape index (κ1) is 13.9. The van der Waals surface area contributed by atoms with Crippen LogP contribution in [0.4, 0.5) is 13.2 Å². The largest absolute Gasteiger partial charge is 0.478 e. The van der Waals surface area contributed by atoms with Gasteiger partial charge < -0.3 is 5.11 Å². The van der Waals surface area contributed by atoms with Gasteiger partial charge in [-0.2, -0.15) is 13.2 Å². The van der Waals surface area contributed by atoms with Crippen molar-refractivity contribution in [3.63, 3.8) is 0 Å². The number of hydrogen-bond acceptors (Lipinski definition) is 1. The molecule has 0 saturated heterocycles. The van der Waals surface area contributed by atoms with Gasteiger partial charge in [0, 0.05) is 0 Å². The third-order valence-corrected chi connectivity index (χ3v) is 3.61. The van der Waals surface area contributed by atoms with Crippen molar-refractivity contribution in [3.05, 3.63) is 34.9 Å². The molecule has 2 nitrogen and oxygen atoms in total. The summed E-state index contributed by atoms with van der Waals surface area (Å²) in [7, 11) is 0. The van der Waals surface area contributed by atoms with Gasteiger partial charge in [-0.25, -0.2) is 4.79 Å². The van der Waals surface area contributed by atoms with Gasteiger partial charge in [-0.3, -0.25) is 0 Å². The molecular formula is C14H15F3O2. The summed E-state index contributed by atoms with van der Waals surface area (Å²) in [6.45, 7) is 0.